The van der Waals surface area contributed by atoms with E-state index in [1.165, 1.54) is 29.9 Å². The molecule has 0 aliphatic carbocycles. The van der Waals surface area contributed by atoms with E-state index in [4.69, 9.17) is 0 Å². The Bertz CT molecular complexity index is 668. The molecule has 0 bridgehead atoms. The predicted octanol–water partition coefficient (Wildman–Crippen LogP) is 3.25. The average molecular weight is 310 g/mol. The predicted molar refractivity (Wildman–Crippen MR) is 93.6 cm³/mol. The molecular formula is C19H26N4. The number of hydrogen-bond acceptors (Lipinski definition) is 3. The molecule has 0 unspecified atom stereocenters. The first kappa shape index (κ1) is 14.8. The summed E-state index contributed by atoms with van der Waals surface area (Å²) in [4.78, 5) is 7.13. The Hall–Kier alpha value is -1.81. The van der Waals surface area contributed by atoms with E-state index < -0.39 is 0 Å². The Balaban J connectivity index is 1.43. The maximum atomic E-state index is 4.56. The van der Waals surface area contributed by atoms with Gasteiger partial charge in [-0.2, -0.15) is 0 Å². The summed E-state index contributed by atoms with van der Waals surface area (Å²) in [7, 11) is 0. The van der Waals surface area contributed by atoms with Crippen molar-refractivity contribution in [3.63, 3.8) is 0 Å². The molecular weight excluding hydrogens is 284 g/mol. The van der Waals surface area contributed by atoms with Crippen LogP contribution in [0.1, 0.15) is 37.6 Å². The third kappa shape index (κ3) is 2.65. The molecule has 2 aliphatic heterocycles. The Labute approximate surface area is 138 Å². The van der Waals surface area contributed by atoms with Crippen LogP contribution >= 0.6 is 0 Å². The molecule has 23 heavy (non-hydrogen) atoms. The Morgan fingerprint density at radius 2 is 2.04 bits per heavy atom. The normalized spacial score (nSPS) is 19.7. The number of fused-ring (bicyclic) bond motifs is 2. The molecule has 1 aromatic heterocycles. The minimum absolute atomic E-state index is 0.353. The van der Waals surface area contributed by atoms with Gasteiger partial charge in [-0.15, -0.1) is 0 Å². The van der Waals surface area contributed by atoms with Crippen LogP contribution in [0.5, 0.6) is 0 Å². The minimum atomic E-state index is 0.353. The van der Waals surface area contributed by atoms with Crippen molar-refractivity contribution in [1.29, 1.82) is 0 Å². The van der Waals surface area contributed by atoms with Gasteiger partial charge in [-0.25, -0.2) is 4.98 Å². The van der Waals surface area contributed by atoms with Crippen molar-refractivity contribution in [2.45, 2.75) is 44.7 Å². The van der Waals surface area contributed by atoms with Crippen LogP contribution in [0.25, 0.3) is 0 Å². The lowest BCUT2D eigenvalue weighted by Gasteiger charge is -2.39. The maximum absolute atomic E-state index is 4.56. The van der Waals surface area contributed by atoms with Crippen molar-refractivity contribution in [3.05, 3.63) is 48.0 Å². The molecule has 4 rings (SSSR count). The monoisotopic (exact) mass is 310 g/mol. The summed E-state index contributed by atoms with van der Waals surface area (Å²) in [5.74, 6) is 1.22. The second kappa shape index (κ2) is 6.00. The largest absolute Gasteiger partial charge is 0.384 e. The van der Waals surface area contributed by atoms with Gasteiger partial charge in [-0.1, -0.05) is 25.1 Å². The molecule has 2 aromatic rings. The van der Waals surface area contributed by atoms with Crippen molar-refractivity contribution >= 4 is 5.69 Å². The molecule has 1 N–H and O–H groups in total. The zero-order valence-electron chi connectivity index (χ0n) is 14.0. The summed E-state index contributed by atoms with van der Waals surface area (Å²) in [5, 5.41) is 3.61. The lowest BCUT2D eigenvalue weighted by Crippen LogP contribution is -2.43. The second-order valence-corrected chi connectivity index (χ2v) is 6.99. The van der Waals surface area contributed by atoms with E-state index in [2.05, 4.69) is 57.2 Å². The number of imidazole rings is 1. The molecule has 2 aliphatic rings. The summed E-state index contributed by atoms with van der Waals surface area (Å²) in [6.07, 6.45) is 7.70. The van der Waals surface area contributed by atoms with E-state index >= 15 is 0 Å². The quantitative estimate of drug-likeness (QED) is 0.941. The third-order valence-corrected chi connectivity index (χ3v) is 5.56. The van der Waals surface area contributed by atoms with Gasteiger partial charge >= 0.3 is 0 Å². The van der Waals surface area contributed by atoms with Gasteiger partial charge in [-0.05, 0) is 44.0 Å². The fourth-order valence-corrected chi connectivity index (χ4v) is 4.18. The molecule has 1 fully saturated rings. The fraction of sp³-hybridized carbons (Fsp3) is 0.526. The number of benzene rings is 1. The summed E-state index contributed by atoms with van der Waals surface area (Å²) in [5.41, 5.74) is 3.23. The average Bonchev–Trinajstić information content (AvgIpc) is 3.16. The van der Waals surface area contributed by atoms with Gasteiger partial charge in [0.1, 0.15) is 5.82 Å². The van der Waals surface area contributed by atoms with Gasteiger partial charge in [0.25, 0.3) is 0 Å². The highest BCUT2D eigenvalue weighted by Crippen LogP contribution is 2.43. The number of para-hydroxylation sites is 1. The molecule has 1 saturated heterocycles. The van der Waals surface area contributed by atoms with Crippen LogP contribution in [0.2, 0.25) is 0 Å². The molecule has 0 radical (unpaired) electrons. The number of aromatic nitrogens is 2. The number of hydrogen-bond donors (Lipinski definition) is 1. The first-order valence-electron chi connectivity index (χ1n) is 8.86. The van der Waals surface area contributed by atoms with Gasteiger partial charge in [0, 0.05) is 36.6 Å². The van der Waals surface area contributed by atoms with Gasteiger partial charge in [-0.3, -0.25) is 4.90 Å². The van der Waals surface area contributed by atoms with Crippen LogP contribution in [-0.4, -0.2) is 34.1 Å². The van der Waals surface area contributed by atoms with Crippen LogP contribution in [0.15, 0.2) is 36.7 Å². The summed E-state index contributed by atoms with van der Waals surface area (Å²) in [6, 6.07) is 8.85. The van der Waals surface area contributed by atoms with Gasteiger partial charge < -0.3 is 9.88 Å². The highest BCUT2D eigenvalue weighted by atomic mass is 15.2. The molecule has 4 heteroatoms. The van der Waals surface area contributed by atoms with Crippen LogP contribution in [0.3, 0.4) is 0 Å². The number of likely N-dealkylation sites (tertiary alicyclic amines) is 1. The molecule has 122 valence electrons. The zero-order chi connectivity index (χ0) is 15.7. The maximum Gasteiger partial charge on any atom is 0.122 e. The van der Waals surface area contributed by atoms with E-state index in [1.54, 1.807) is 0 Å². The smallest absolute Gasteiger partial charge is 0.122 e. The highest BCUT2D eigenvalue weighted by Gasteiger charge is 2.41. The van der Waals surface area contributed by atoms with Gasteiger partial charge in [0.05, 0.1) is 6.54 Å². The Morgan fingerprint density at radius 1 is 1.22 bits per heavy atom. The van der Waals surface area contributed by atoms with Crippen LogP contribution in [-0.2, 0) is 18.5 Å². The lowest BCUT2D eigenvalue weighted by atomic mass is 9.74. The first-order valence-corrected chi connectivity index (χ1v) is 8.86. The first-order chi connectivity index (χ1) is 11.3. The second-order valence-electron chi connectivity index (χ2n) is 6.99. The Morgan fingerprint density at radius 3 is 2.87 bits per heavy atom. The van der Waals surface area contributed by atoms with Crippen LogP contribution < -0.4 is 5.32 Å². The summed E-state index contributed by atoms with van der Waals surface area (Å²) < 4.78 is 2.30. The van der Waals surface area contributed by atoms with E-state index in [9.17, 15) is 0 Å². The van der Waals surface area contributed by atoms with Crippen LogP contribution in [0.4, 0.5) is 5.69 Å². The SMILES string of the molecule is CCCn1ccnc1CN1CCC2(CC1)CNc1ccccc12. The van der Waals surface area contributed by atoms with Gasteiger partial charge in [0.2, 0.25) is 0 Å². The molecule has 3 heterocycles. The molecule has 1 aromatic carbocycles. The standard InChI is InChI=1S/C19H26N4/c1-2-10-23-13-9-20-18(23)14-22-11-7-19(8-12-22)15-21-17-6-4-3-5-16(17)19/h3-6,9,13,21H,2,7-8,10-12,14-15H2,1H3. The molecule has 0 saturated carbocycles. The topological polar surface area (TPSA) is 33.1 Å². The summed E-state index contributed by atoms with van der Waals surface area (Å²) in [6.45, 7) is 7.70. The number of piperidine rings is 1. The van der Waals surface area contributed by atoms with E-state index in [1.807, 2.05) is 6.20 Å². The van der Waals surface area contributed by atoms with Crippen molar-refractivity contribution in [3.8, 4) is 0 Å². The van der Waals surface area contributed by atoms with Crippen molar-refractivity contribution < 1.29 is 0 Å². The molecule has 0 atom stereocenters. The summed E-state index contributed by atoms with van der Waals surface area (Å²) >= 11 is 0. The van der Waals surface area contributed by atoms with Crippen LogP contribution in [0, 0.1) is 0 Å². The number of nitrogens with zero attached hydrogens (tertiary/aromatic N) is 3. The van der Waals surface area contributed by atoms with Crippen molar-refractivity contribution in [2.75, 3.05) is 25.0 Å². The van der Waals surface area contributed by atoms with Crippen molar-refractivity contribution in [2.24, 2.45) is 0 Å². The van der Waals surface area contributed by atoms with Crippen molar-refractivity contribution in [1.82, 2.24) is 14.5 Å². The van der Waals surface area contributed by atoms with E-state index in [0.29, 0.717) is 5.41 Å². The van der Waals surface area contributed by atoms with Gasteiger partial charge in [0.15, 0.2) is 0 Å². The zero-order valence-corrected chi connectivity index (χ0v) is 14.0. The fourth-order valence-electron chi connectivity index (χ4n) is 4.18. The number of aryl methyl sites for hydroxylation is 1. The number of anilines is 1. The molecule has 4 nitrogen and oxygen atoms in total. The number of rotatable bonds is 4. The van der Waals surface area contributed by atoms with E-state index in [-0.39, 0.29) is 0 Å². The van der Waals surface area contributed by atoms with E-state index in [0.717, 1.165) is 39.1 Å². The lowest BCUT2D eigenvalue weighted by molar-refractivity contribution is 0.157. The Kier molecular flexibility index (Phi) is 3.85. The minimum Gasteiger partial charge on any atom is -0.384 e. The molecule has 1 spiro atoms. The number of nitrogens with one attached hydrogen (secondary N) is 1. The highest BCUT2D eigenvalue weighted by molar-refractivity contribution is 5.60. The third-order valence-electron chi connectivity index (χ3n) is 5.56. The molecule has 0 amide bonds.